The van der Waals surface area contributed by atoms with Crippen LogP contribution in [0.25, 0.3) is 0 Å². The predicted octanol–water partition coefficient (Wildman–Crippen LogP) is -1.52. The summed E-state index contributed by atoms with van der Waals surface area (Å²) < 4.78 is 4.76. The molecule has 4 nitrogen and oxygen atoms in total. The molecule has 0 radical (unpaired) electrons. The van der Waals surface area contributed by atoms with Crippen molar-refractivity contribution in [2.24, 2.45) is 0 Å². The third kappa shape index (κ3) is 6.54. The van der Waals surface area contributed by atoms with Gasteiger partial charge in [0.05, 0.1) is 13.3 Å². The van der Waals surface area contributed by atoms with Crippen LogP contribution in [0.2, 0.25) is 0 Å². The molecule has 0 aromatic carbocycles. The average molecular weight is 254 g/mol. The summed E-state index contributed by atoms with van der Waals surface area (Å²) >= 11 is 0. The quantitative estimate of drug-likeness (QED) is 0.601. The van der Waals surface area contributed by atoms with Gasteiger partial charge in [0.15, 0.2) is 0 Å². The normalized spacial score (nSPS) is 7.38. The smallest absolute Gasteiger partial charge is 0.479 e. The standard InChI is InChI=1S/C6H8N3O.C2H6.Rb/c1-3-5-7-4-6(10-2)9-8-5;1-2;/h3-4H,1-2H3;1-2H3;/q-1;;+1. The summed E-state index contributed by atoms with van der Waals surface area (Å²) in [5.74, 6) is 1.05. The van der Waals surface area contributed by atoms with Crippen molar-refractivity contribution in [3.63, 3.8) is 0 Å². The Morgan fingerprint density at radius 3 is 2.23 bits per heavy atom. The Balaban J connectivity index is 0. The maximum absolute atomic E-state index is 4.76. The van der Waals surface area contributed by atoms with Gasteiger partial charge in [0, 0.05) is 5.82 Å². The van der Waals surface area contributed by atoms with Crippen molar-refractivity contribution in [2.45, 2.75) is 20.8 Å². The number of methoxy groups -OCH3 is 1. The Labute approximate surface area is 128 Å². The monoisotopic (exact) mass is 253 g/mol. The molecule has 0 aliphatic carbocycles. The molecule has 1 rings (SSSR count). The zero-order valence-electron chi connectivity index (χ0n) is 8.90. The predicted molar refractivity (Wildman–Crippen MR) is 46.8 cm³/mol. The van der Waals surface area contributed by atoms with E-state index in [2.05, 4.69) is 15.2 Å². The maximum atomic E-state index is 4.76. The molecule has 0 spiro atoms. The molecule has 0 bridgehead atoms. The first-order valence-corrected chi connectivity index (χ1v) is 3.90. The molecule has 0 N–H and O–H groups in total. The molecule has 0 unspecified atom stereocenters. The van der Waals surface area contributed by atoms with E-state index in [1.807, 2.05) is 20.8 Å². The van der Waals surface area contributed by atoms with E-state index in [0.717, 1.165) is 0 Å². The summed E-state index contributed by atoms with van der Waals surface area (Å²) in [5.41, 5.74) is 0. The summed E-state index contributed by atoms with van der Waals surface area (Å²) in [6.07, 6.45) is 3.30. The van der Waals surface area contributed by atoms with Crippen molar-refractivity contribution in [3.05, 3.63) is 18.4 Å². The van der Waals surface area contributed by atoms with Crippen LogP contribution in [0.3, 0.4) is 0 Å². The Morgan fingerprint density at radius 1 is 1.31 bits per heavy atom. The van der Waals surface area contributed by atoms with E-state index in [1.54, 1.807) is 6.42 Å². The Kier molecular flexibility index (Phi) is 13.0. The molecule has 5 heteroatoms. The van der Waals surface area contributed by atoms with Crippen molar-refractivity contribution < 1.29 is 62.9 Å². The first-order valence-electron chi connectivity index (χ1n) is 3.90. The molecular formula is C8H14N3ORb. The van der Waals surface area contributed by atoms with Gasteiger partial charge in [0.1, 0.15) is 0 Å². The van der Waals surface area contributed by atoms with Crippen LogP contribution in [0.5, 0.6) is 5.88 Å². The van der Waals surface area contributed by atoms with Gasteiger partial charge in [-0.25, -0.2) is 0 Å². The second-order valence-electron chi connectivity index (χ2n) is 1.65. The number of ether oxygens (including phenoxy) is 1. The minimum absolute atomic E-state index is 0. The van der Waals surface area contributed by atoms with Crippen molar-refractivity contribution in [1.29, 1.82) is 0 Å². The zero-order valence-corrected chi connectivity index (χ0v) is 13.8. The second-order valence-corrected chi connectivity index (χ2v) is 1.65. The molecule has 0 amide bonds. The van der Waals surface area contributed by atoms with Crippen molar-refractivity contribution >= 4 is 0 Å². The van der Waals surface area contributed by atoms with Gasteiger partial charge in [-0.05, 0) is 0 Å². The summed E-state index contributed by atoms with van der Waals surface area (Å²) in [6, 6.07) is 0. The van der Waals surface area contributed by atoms with Gasteiger partial charge in [-0.2, -0.15) is 12.0 Å². The van der Waals surface area contributed by atoms with Gasteiger partial charge < -0.3 is 11.2 Å². The number of nitrogens with zero attached hydrogens (tertiary/aromatic N) is 3. The third-order valence-corrected chi connectivity index (χ3v) is 1.03. The maximum Gasteiger partial charge on any atom is 1.00 e. The van der Waals surface area contributed by atoms with Gasteiger partial charge >= 0.3 is 58.2 Å². The molecule has 13 heavy (non-hydrogen) atoms. The molecule has 0 saturated carbocycles. The molecule has 1 heterocycles. The molecule has 1 aromatic heterocycles. The summed E-state index contributed by atoms with van der Waals surface area (Å²) in [5, 5.41) is 7.43. The van der Waals surface area contributed by atoms with E-state index in [9.17, 15) is 0 Å². The fourth-order valence-corrected chi connectivity index (χ4v) is 0.499. The van der Waals surface area contributed by atoms with E-state index < -0.39 is 0 Å². The second kappa shape index (κ2) is 10.6. The molecule has 68 valence electrons. The van der Waals surface area contributed by atoms with Crippen LogP contribution in [0.15, 0.2) is 6.20 Å². The fourth-order valence-electron chi connectivity index (χ4n) is 0.499. The summed E-state index contributed by atoms with van der Waals surface area (Å²) in [6.45, 7) is 5.85. The minimum Gasteiger partial charge on any atom is -0.479 e. The average Bonchev–Trinajstić information content (AvgIpc) is 2.21. The number of aromatic nitrogens is 3. The third-order valence-electron chi connectivity index (χ3n) is 1.03. The first kappa shape index (κ1) is 15.9. The van der Waals surface area contributed by atoms with Crippen LogP contribution in [-0.2, 0) is 0 Å². The van der Waals surface area contributed by atoms with Crippen LogP contribution >= 0.6 is 0 Å². The van der Waals surface area contributed by atoms with Crippen LogP contribution in [0.1, 0.15) is 26.6 Å². The van der Waals surface area contributed by atoms with E-state index in [4.69, 9.17) is 4.74 Å². The minimum atomic E-state index is 0. The molecule has 0 aliphatic rings. The van der Waals surface area contributed by atoms with E-state index in [0.29, 0.717) is 11.7 Å². The van der Waals surface area contributed by atoms with Crippen LogP contribution in [0.4, 0.5) is 0 Å². The zero-order chi connectivity index (χ0) is 9.40. The van der Waals surface area contributed by atoms with E-state index in [1.165, 1.54) is 13.3 Å². The molecule has 1 aromatic rings. The summed E-state index contributed by atoms with van der Waals surface area (Å²) in [4.78, 5) is 3.91. The molecular weight excluding hydrogens is 240 g/mol. The van der Waals surface area contributed by atoms with Gasteiger partial charge in [0.2, 0.25) is 0 Å². The van der Waals surface area contributed by atoms with Crippen molar-refractivity contribution in [2.75, 3.05) is 7.11 Å². The topological polar surface area (TPSA) is 47.9 Å². The van der Waals surface area contributed by atoms with Crippen LogP contribution in [-0.4, -0.2) is 22.3 Å². The molecule has 0 atom stereocenters. The number of rotatable bonds is 2. The van der Waals surface area contributed by atoms with Gasteiger partial charge in [-0.3, -0.25) is 4.98 Å². The largest absolute Gasteiger partial charge is 1.00 e. The number of hydrogen-bond donors (Lipinski definition) is 0. The van der Waals surface area contributed by atoms with Crippen LogP contribution < -0.4 is 62.9 Å². The SMILES string of the molecule is CC.C[CH-]c1ncc(OC)nn1.[Rb+]. The Hall–Kier alpha value is 0.485. The van der Waals surface area contributed by atoms with E-state index >= 15 is 0 Å². The fraction of sp³-hybridized carbons (Fsp3) is 0.500. The Bertz CT molecular complexity index is 180. The first-order chi connectivity index (χ1) is 5.86. The summed E-state index contributed by atoms with van der Waals surface area (Å²) in [7, 11) is 1.53. The number of hydrogen-bond acceptors (Lipinski definition) is 4. The molecule has 0 saturated heterocycles. The van der Waals surface area contributed by atoms with E-state index in [-0.39, 0.29) is 58.2 Å². The van der Waals surface area contributed by atoms with Crippen LogP contribution in [0, 0.1) is 6.42 Å². The van der Waals surface area contributed by atoms with Gasteiger partial charge in [-0.15, -0.1) is 5.10 Å². The van der Waals surface area contributed by atoms with Gasteiger partial charge in [0.25, 0.3) is 5.88 Å². The molecule has 0 aliphatic heterocycles. The van der Waals surface area contributed by atoms with Crippen molar-refractivity contribution in [1.82, 2.24) is 15.2 Å². The van der Waals surface area contributed by atoms with Crippen molar-refractivity contribution in [3.8, 4) is 5.88 Å². The Morgan fingerprint density at radius 2 is 1.92 bits per heavy atom. The van der Waals surface area contributed by atoms with Gasteiger partial charge in [-0.1, -0.05) is 13.8 Å². The molecule has 0 fully saturated rings.